The topological polar surface area (TPSA) is 63.1 Å². The number of thioether (sulfide) groups is 1. The minimum atomic E-state index is 0.120. The monoisotopic (exact) mass is 337 g/mol. The molecular formula is C16H27N5OS. The van der Waals surface area contributed by atoms with E-state index in [1.165, 1.54) is 18.6 Å². The lowest BCUT2D eigenvalue weighted by molar-refractivity contribution is 0.163. The quantitative estimate of drug-likeness (QED) is 0.917. The largest absolute Gasteiger partial charge is 0.335 e. The van der Waals surface area contributed by atoms with E-state index >= 15 is 0 Å². The van der Waals surface area contributed by atoms with Crippen LogP contribution in [0.15, 0.2) is 12.7 Å². The molecule has 0 bridgehead atoms. The molecule has 6 nitrogen and oxygen atoms in total. The predicted octanol–water partition coefficient (Wildman–Crippen LogP) is 2.69. The summed E-state index contributed by atoms with van der Waals surface area (Å²) in [5, 5.41) is 8.20. The molecule has 2 amide bonds. The van der Waals surface area contributed by atoms with Gasteiger partial charge < -0.3 is 10.2 Å². The number of aromatic nitrogens is 3. The Morgan fingerprint density at radius 1 is 1.30 bits per heavy atom. The molecule has 23 heavy (non-hydrogen) atoms. The lowest BCUT2D eigenvalue weighted by Gasteiger charge is -2.35. The Hall–Kier alpha value is -1.24. The Kier molecular flexibility index (Phi) is 5.80. The number of carbonyl (C=O) groups excluding carboxylic acids is 1. The fourth-order valence-corrected chi connectivity index (χ4v) is 4.84. The van der Waals surface area contributed by atoms with E-state index in [9.17, 15) is 4.79 Å². The minimum absolute atomic E-state index is 0.120. The van der Waals surface area contributed by atoms with Crippen molar-refractivity contribution >= 4 is 17.8 Å². The van der Waals surface area contributed by atoms with Gasteiger partial charge in [-0.05, 0) is 37.9 Å². The molecular weight excluding hydrogens is 310 g/mol. The number of rotatable bonds is 4. The van der Waals surface area contributed by atoms with Gasteiger partial charge in [0, 0.05) is 24.4 Å². The van der Waals surface area contributed by atoms with Crippen LogP contribution in [0.2, 0.25) is 0 Å². The maximum absolute atomic E-state index is 12.5. The third-order valence-electron chi connectivity index (χ3n) is 4.92. The van der Waals surface area contributed by atoms with Gasteiger partial charge >= 0.3 is 6.03 Å². The van der Waals surface area contributed by atoms with E-state index in [0.717, 1.165) is 44.0 Å². The predicted molar refractivity (Wildman–Crippen MR) is 92.6 cm³/mol. The van der Waals surface area contributed by atoms with E-state index in [1.54, 1.807) is 12.7 Å². The van der Waals surface area contributed by atoms with E-state index in [0.29, 0.717) is 12.1 Å². The van der Waals surface area contributed by atoms with E-state index < -0.39 is 0 Å². The van der Waals surface area contributed by atoms with Gasteiger partial charge in [-0.1, -0.05) is 13.3 Å². The number of hydrogen-bond donors (Lipinski definition) is 1. The standard InChI is InChI=1S/C16H27N5OS/c1-2-23-15-5-3-4-13(10-15)19-16(22)20-8-6-14(7-9-20)21-12-17-11-18-21/h11-15H,2-10H2,1H3,(H,19,22)/t13-,15+/m1/s1. The van der Waals surface area contributed by atoms with E-state index in [-0.39, 0.29) is 6.03 Å². The first-order valence-electron chi connectivity index (χ1n) is 8.77. The van der Waals surface area contributed by atoms with Crippen LogP contribution in [0, 0.1) is 0 Å². The average molecular weight is 337 g/mol. The molecule has 0 unspecified atom stereocenters. The van der Waals surface area contributed by atoms with Gasteiger partial charge in [-0.25, -0.2) is 14.5 Å². The van der Waals surface area contributed by atoms with Crippen LogP contribution >= 0.6 is 11.8 Å². The molecule has 1 saturated heterocycles. The van der Waals surface area contributed by atoms with Crippen molar-refractivity contribution in [1.82, 2.24) is 25.0 Å². The molecule has 1 aromatic rings. The Labute approximate surface area is 142 Å². The molecule has 128 valence electrons. The number of nitrogens with one attached hydrogen (secondary N) is 1. The molecule has 0 aromatic carbocycles. The van der Waals surface area contributed by atoms with Crippen molar-refractivity contribution in [1.29, 1.82) is 0 Å². The molecule has 2 fully saturated rings. The van der Waals surface area contributed by atoms with Crippen LogP contribution in [0.1, 0.15) is 51.5 Å². The van der Waals surface area contributed by atoms with Crippen LogP contribution in [0.3, 0.4) is 0 Å². The SMILES string of the molecule is CCS[C@H]1CCC[C@@H](NC(=O)N2CCC(n3cncn3)CC2)C1. The Bertz CT molecular complexity index is 485. The van der Waals surface area contributed by atoms with Crippen molar-refractivity contribution in [2.75, 3.05) is 18.8 Å². The third kappa shape index (κ3) is 4.40. The summed E-state index contributed by atoms with van der Waals surface area (Å²) >= 11 is 2.04. The summed E-state index contributed by atoms with van der Waals surface area (Å²) in [5.74, 6) is 1.17. The van der Waals surface area contributed by atoms with E-state index in [4.69, 9.17) is 0 Å². The number of urea groups is 1. The normalized spacial score (nSPS) is 26.2. The summed E-state index contributed by atoms with van der Waals surface area (Å²) in [6.45, 7) is 3.82. The summed E-state index contributed by atoms with van der Waals surface area (Å²) in [6, 6.07) is 0.851. The Morgan fingerprint density at radius 2 is 2.13 bits per heavy atom. The zero-order chi connectivity index (χ0) is 16.1. The Morgan fingerprint density at radius 3 is 2.83 bits per heavy atom. The molecule has 2 atom stereocenters. The van der Waals surface area contributed by atoms with Gasteiger partial charge in [0.1, 0.15) is 12.7 Å². The fourth-order valence-electron chi connectivity index (χ4n) is 3.67. The molecule has 1 aromatic heterocycles. The van der Waals surface area contributed by atoms with Crippen LogP contribution < -0.4 is 5.32 Å². The molecule has 3 rings (SSSR count). The molecule has 1 N–H and O–H groups in total. The van der Waals surface area contributed by atoms with Crippen molar-refractivity contribution < 1.29 is 4.79 Å². The zero-order valence-corrected chi connectivity index (χ0v) is 14.7. The molecule has 2 heterocycles. The highest BCUT2D eigenvalue weighted by Crippen LogP contribution is 2.28. The van der Waals surface area contributed by atoms with Crippen LogP contribution in [0.5, 0.6) is 0 Å². The van der Waals surface area contributed by atoms with Gasteiger partial charge in [0.05, 0.1) is 6.04 Å². The van der Waals surface area contributed by atoms with Crippen molar-refractivity contribution in [2.45, 2.75) is 62.8 Å². The van der Waals surface area contributed by atoms with Gasteiger partial charge in [0.15, 0.2) is 0 Å². The van der Waals surface area contributed by atoms with Crippen molar-refractivity contribution in [3.63, 3.8) is 0 Å². The first kappa shape index (κ1) is 16.6. The van der Waals surface area contributed by atoms with Crippen molar-refractivity contribution in [3.05, 3.63) is 12.7 Å². The molecule has 1 aliphatic heterocycles. The maximum atomic E-state index is 12.5. The van der Waals surface area contributed by atoms with Crippen LogP contribution in [-0.4, -0.2) is 55.8 Å². The van der Waals surface area contributed by atoms with Gasteiger partial charge in [-0.2, -0.15) is 16.9 Å². The van der Waals surface area contributed by atoms with E-state index in [1.807, 2.05) is 21.3 Å². The molecule has 2 aliphatic rings. The van der Waals surface area contributed by atoms with Crippen molar-refractivity contribution in [2.24, 2.45) is 0 Å². The molecule has 0 radical (unpaired) electrons. The fraction of sp³-hybridized carbons (Fsp3) is 0.812. The smallest absolute Gasteiger partial charge is 0.317 e. The van der Waals surface area contributed by atoms with Gasteiger partial charge in [0.25, 0.3) is 0 Å². The highest BCUT2D eigenvalue weighted by atomic mass is 32.2. The number of hydrogen-bond acceptors (Lipinski definition) is 4. The summed E-state index contributed by atoms with van der Waals surface area (Å²) < 4.78 is 1.92. The highest BCUT2D eigenvalue weighted by molar-refractivity contribution is 7.99. The lowest BCUT2D eigenvalue weighted by atomic mass is 9.95. The second-order valence-electron chi connectivity index (χ2n) is 6.48. The van der Waals surface area contributed by atoms with Crippen LogP contribution in [0.25, 0.3) is 0 Å². The Balaban J connectivity index is 1.44. The van der Waals surface area contributed by atoms with E-state index in [2.05, 4.69) is 22.3 Å². The third-order valence-corrected chi connectivity index (χ3v) is 6.15. The van der Waals surface area contributed by atoms with Gasteiger partial charge in [-0.15, -0.1) is 0 Å². The number of nitrogens with zero attached hydrogens (tertiary/aromatic N) is 4. The summed E-state index contributed by atoms with van der Waals surface area (Å²) in [5.41, 5.74) is 0. The second kappa shape index (κ2) is 8.04. The van der Waals surface area contributed by atoms with Crippen LogP contribution in [-0.2, 0) is 0 Å². The summed E-state index contributed by atoms with van der Waals surface area (Å²) in [7, 11) is 0. The molecule has 0 spiro atoms. The minimum Gasteiger partial charge on any atom is -0.335 e. The molecule has 1 saturated carbocycles. The van der Waals surface area contributed by atoms with Gasteiger partial charge in [-0.3, -0.25) is 0 Å². The summed E-state index contributed by atoms with van der Waals surface area (Å²) in [4.78, 5) is 18.5. The molecule has 7 heteroatoms. The number of amides is 2. The maximum Gasteiger partial charge on any atom is 0.317 e. The number of piperidine rings is 1. The van der Waals surface area contributed by atoms with Crippen molar-refractivity contribution in [3.8, 4) is 0 Å². The molecule has 1 aliphatic carbocycles. The second-order valence-corrected chi connectivity index (χ2v) is 8.06. The first-order chi connectivity index (χ1) is 11.3. The summed E-state index contributed by atoms with van der Waals surface area (Å²) in [6.07, 6.45) is 10.0. The van der Waals surface area contributed by atoms with Crippen LogP contribution in [0.4, 0.5) is 4.79 Å². The average Bonchev–Trinajstić information content (AvgIpc) is 3.10. The zero-order valence-electron chi connectivity index (χ0n) is 13.9. The van der Waals surface area contributed by atoms with Gasteiger partial charge in [0.2, 0.25) is 0 Å². The lowest BCUT2D eigenvalue weighted by Crippen LogP contribution is -2.49. The first-order valence-corrected chi connectivity index (χ1v) is 9.82. The highest BCUT2D eigenvalue weighted by Gasteiger charge is 2.28. The number of carbonyl (C=O) groups is 1. The number of likely N-dealkylation sites (tertiary alicyclic amines) is 1.